The van der Waals surface area contributed by atoms with Crippen LogP contribution >= 0.6 is 0 Å². The summed E-state index contributed by atoms with van der Waals surface area (Å²) < 4.78 is 5.21. The predicted octanol–water partition coefficient (Wildman–Crippen LogP) is 2.88. The summed E-state index contributed by atoms with van der Waals surface area (Å²) in [4.78, 5) is 50.5. The highest BCUT2D eigenvalue weighted by Crippen LogP contribution is 2.26. The number of hydrogen-bond donors (Lipinski definition) is 1. The Labute approximate surface area is 162 Å². The zero-order valence-electron chi connectivity index (χ0n) is 15.8. The zero-order valence-corrected chi connectivity index (χ0v) is 15.8. The first kappa shape index (κ1) is 19.3. The summed E-state index contributed by atoms with van der Waals surface area (Å²) in [5.41, 5.74) is 1.11. The molecule has 1 aliphatic rings. The molecule has 28 heavy (non-hydrogen) atoms. The number of hydrogen-bond acceptors (Lipinski definition) is 5. The molecule has 2 aromatic carbocycles. The lowest BCUT2D eigenvalue weighted by atomic mass is 10.1. The maximum absolute atomic E-state index is 12.4. The molecule has 2 aromatic rings. The number of benzene rings is 2. The molecular formula is C21H20N2O5. The van der Waals surface area contributed by atoms with Gasteiger partial charge in [-0.25, -0.2) is 4.79 Å². The van der Waals surface area contributed by atoms with Crippen LogP contribution in [0.15, 0.2) is 48.5 Å². The highest BCUT2D eigenvalue weighted by atomic mass is 16.5. The molecule has 144 valence electrons. The number of rotatable bonds is 5. The molecule has 1 N–H and O–H groups in total. The average molecular weight is 380 g/mol. The number of carbonyl (C=O) groups is 4. The molecule has 1 aliphatic heterocycles. The Morgan fingerprint density at radius 2 is 1.57 bits per heavy atom. The maximum atomic E-state index is 12.4. The Hall–Kier alpha value is -3.48. The molecule has 0 aromatic heterocycles. The van der Waals surface area contributed by atoms with Gasteiger partial charge in [0.25, 0.3) is 17.7 Å². The van der Waals surface area contributed by atoms with Crippen molar-refractivity contribution in [3.05, 3.63) is 65.2 Å². The highest BCUT2D eigenvalue weighted by molar-refractivity contribution is 6.22. The van der Waals surface area contributed by atoms with Gasteiger partial charge in [-0.1, -0.05) is 18.2 Å². The van der Waals surface area contributed by atoms with Gasteiger partial charge in [0.05, 0.1) is 16.7 Å². The molecule has 0 fully saturated rings. The molecule has 3 amide bonds. The van der Waals surface area contributed by atoms with Crippen molar-refractivity contribution in [2.24, 2.45) is 0 Å². The Morgan fingerprint density at radius 1 is 0.929 bits per heavy atom. The number of nitrogens with one attached hydrogen (secondary N) is 1. The lowest BCUT2D eigenvalue weighted by Crippen LogP contribution is -2.35. The summed E-state index contributed by atoms with van der Waals surface area (Å²) in [6.45, 7) is 4.94. The number of anilines is 1. The van der Waals surface area contributed by atoms with Crippen LogP contribution in [0.4, 0.5) is 5.69 Å². The van der Waals surface area contributed by atoms with Crippen molar-refractivity contribution in [3.8, 4) is 0 Å². The minimum absolute atomic E-state index is 0.102. The molecule has 0 bridgehead atoms. The van der Waals surface area contributed by atoms with Crippen LogP contribution < -0.4 is 5.32 Å². The van der Waals surface area contributed by atoms with E-state index in [4.69, 9.17) is 4.74 Å². The monoisotopic (exact) mass is 380 g/mol. The van der Waals surface area contributed by atoms with E-state index in [2.05, 4.69) is 5.32 Å². The first-order valence-electron chi connectivity index (χ1n) is 8.88. The van der Waals surface area contributed by atoms with Gasteiger partial charge in [-0.15, -0.1) is 0 Å². The Kier molecular flexibility index (Phi) is 5.26. The van der Waals surface area contributed by atoms with Gasteiger partial charge in [0.1, 0.15) is 0 Å². The van der Waals surface area contributed by atoms with E-state index < -0.39 is 23.9 Å². The number of fused-ring (bicyclic) bond motifs is 1. The van der Waals surface area contributed by atoms with Crippen molar-refractivity contribution in [1.82, 2.24) is 4.90 Å². The molecule has 0 spiro atoms. The molecule has 1 heterocycles. The van der Waals surface area contributed by atoms with Crippen molar-refractivity contribution < 1.29 is 23.9 Å². The zero-order chi connectivity index (χ0) is 20.4. The number of nitrogens with zero attached hydrogens (tertiary/aromatic N) is 1. The van der Waals surface area contributed by atoms with Gasteiger partial charge in [0.15, 0.2) is 6.10 Å². The molecule has 0 saturated heterocycles. The fraction of sp³-hybridized carbons (Fsp3) is 0.238. The van der Waals surface area contributed by atoms with Crippen LogP contribution in [0, 0.1) is 0 Å². The molecular weight excluding hydrogens is 360 g/mol. The summed E-state index contributed by atoms with van der Waals surface area (Å²) in [6, 6.07) is 12.7. The second kappa shape index (κ2) is 7.64. The fourth-order valence-electron chi connectivity index (χ4n) is 2.90. The van der Waals surface area contributed by atoms with E-state index in [0.29, 0.717) is 5.69 Å². The normalized spacial score (nSPS) is 14.1. The van der Waals surface area contributed by atoms with Crippen LogP contribution in [-0.2, 0) is 9.53 Å². The topological polar surface area (TPSA) is 92.8 Å². The SMILES string of the molecule is CC(C)N1C(=O)c2ccc(C(=O)O[C@@H](C)C(=O)Nc3ccccc3)cc2C1=O. The number of esters is 1. The van der Waals surface area contributed by atoms with E-state index in [9.17, 15) is 19.2 Å². The number of ether oxygens (including phenoxy) is 1. The van der Waals surface area contributed by atoms with E-state index in [1.54, 1.807) is 38.1 Å². The molecule has 0 radical (unpaired) electrons. The summed E-state index contributed by atoms with van der Waals surface area (Å²) in [6.07, 6.45) is -1.04. The molecule has 0 unspecified atom stereocenters. The Morgan fingerprint density at radius 3 is 2.21 bits per heavy atom. The first-order chi connectivity index (χ1) is 13.3. The summed E-state index contributed by atoms with van der Waals surface area (Å²) in [5, 5.41) is 2.65. The van der Waals surface area contributed by atoms with Gasteiger partial charge in [-0.2, -0.15) is 0 Å². The molecule has 0 aliphatic carbocycles. The Balaban J connectivity index is 1.71. The van der Waals surface area contributed by atoms with Crippen molar-refractivity contribution >= 4 is 29.4 Å². The van der Waals surface area contributed by atoms with Crippen molar-refractivity contribution in [3.63, 3.8) is 0 Å². The smallest absolute Gasteiger partial charge is 0.338 e. The van der Waals surface area contributed by atoms with Gasteiger partial charge in [0, 0.05) is 11.7 Å². The van der Waals surface area contributed by atoms with E-state index in [0.717, 1.165) is 4.90 Å². The Bertz CT molecular complexity index is 953. The number of imide groups is 1. The minimum atomic E-state index is -1.04. The van der Waals surface area contributed by atoms with Crippen molar-refractivity contribution in [2.75, 3.05) is 5.32 Å². The third kappa shape index (κ3) is 3.64. The van der Waals surface area contributed by atoms with Crippen LogP contribution in [0.5, 0.6) is 0 Å². The number of para-hydroxylation sites is 1. The van der Waals surface area contributed by atoms with Crippen LogP contribution in [0.1, 0.15) is 51.8 Å². The second-order valence-electron chi connectivity index (χ2n) is 6.74. The minimum Gasteiger partial charge on any atom is -0.449 e. The lowest BCUT2D eigenvalue weighted by Gasteiger charge is -2.17. The predicted molar refractivity (Wildman–Crippen MR) is 102 cm³/mol. The first-order valence-corrected chi connectivity index (χ1v) is 8.88. The van der Waals surface area contributed by atoms with Crippen LogP contribution in [0.2, 0.25) is 0 Å². The van der Waals surface area contributed by atoms with Gasteiger partial charge in [0.2, 0.25) is 0 Å². The highest BCUT2D eigenvalue weighted by Gasteiger charge is 2.37. The standard InChI is InChI=1S/C21H20N2O5/c1-12(2)23-19(25)16-10-9-14(11-17(16)20(23)26)21(27)28-13(3)18(24)22-15-7-5-4-6-8-15/h4-13H,1-3H3,(H,22,24)/t13-/m0/s1. The summed E-state index contributed by atoms with van der Waals surface area (Å²) >= 11 is 0. The van der Waals surface area contributed by atoms with Gasteiger partial charge >= 0.3 is 5.97 Å². The molecule has 7 nitrogen and oxygen atoms in total. The van der Waals surface area contributed by atoms with Crippen molar-refractivity contribution in [2.45, 2.75) is 32.9 Å². The van der Waals surface area contributed by atoms with Crippen LogP contribution in [-0.4, -0.2) is 40.7 Å². The third-order valence-corrected chi connectivity index (χ3v) is 4.36. The molecule has 3 rings (SSSR count). The van der Waals surface area contributed by atoms with Gasteiger partial charge < -0.3 is 10.1 Å². The van der Waals surface area contributed by atoms with Gasteiger partial charge in [-0.3, -0.25) is 19.3 Å². The second-order valence-corrected chi connectivity index (χ2v) is 6.74. The molecule has 7 heteroatoms. The van der Waals surface area contributed by atoms with Crippen LogP contribution in [0.3, 0.4) is 0 Å². The van der Waals surface area contributed by atoms with Crippen molar-refractivity contribution in [1.29, 1.82) is 0 Å². The van der Waals surface area contributed by atoms with E-state index in [-0.39, 0.29) is 28.6 Å². The van der Waals surface area contributed by atoms with E-state index in [1.807, 2.05) is 6.07 Å². The fourth-order valence-corrected chi connectivity index (χ4v) is 2.90. The number of amides is 3. The lowest BCUT2D eigenvalue weighted by molar-refractivity contribution is -0.123. The molecule has 1 atom stereocenters. The van der Waals surface area contributed by atoms with Crippen LogP contribution in [0.25, 0.3) is 0 Å². The average Bonchev–Trinajstić information content (AvgIpc) is 2.92. The molecule has 0 saturated carbocycles. The summed E-state index contributed by atoms with van der Waals surface area (Å²) in [7, 11) is 0. The van der Waals surface area contributed by atoms with Gasteiger partial charge in [-0.05, 0) is 51.1 Å². The maximum Gasteiger partial charge on any atom is 0.338 e. The summed E-state index contributed by atoms with van der Waals surface area (Å²) in [5.74, 6) is -2.05. The number of carbonyl (C=O) groups excluding carboxylic acids is 4. The quantitative estimate of drug-likeness (QED) is 0.636. The van der Waals surface area contributed by atoms with E-state index >= 15 is 0 Å². The van der Waals surface area contributed by atoms with E-state index in [1.165, 1.54) is 25.1 Å². The third-order valence-electron chi connectivity index (χ3n) is 4.36. The largest absolute Gasteiger partial charge is 0.449 e.